The van der Waals surface area contributed by atoms with Crippen LogP contribution in [-0.2, 0) is 40.5 Å². The smallest absolute Gasteiger partial charge is 0.264 e. The summed E-state index contributed by atoms with van der Waals surface area (Å²) in [7, 11) is -3.33. The third-order valence-corrected chi connectivity index (χ3v) is 14.3. The lowest BCUT2D eigenvalue weighted by atomic mass is 9.88. The van der Waals surface area contributed by atoms with E-state index < -0.39 is 10.1 Å². The van der Waals surface area contributed by atoms with Crippen molar-refractivity contribution in [1.29, 1.82) is 0 Å². The van der Waals surface area contributed by atoms with Gasteiger partial charge in [-0.25, -0.2) is 6.57 Å². The highest BCUT2D eigenvalue weighted by molar-refractivity contribution is 7.86. The molecule has 410 valence electrons. The van der Waals surface area contributed by atoms with Crippen molar-refractivity contribution in [2.45, 2.75) is 123 Å². The zero-order valence-electron chi connectivity index (χ0n) is 44.3. The molecule has 0 amide bonds. The minimum Gasteiger partial charge on any atom is -0.412 e. The van der Waals surface area contributed by atoms with Gasteiger partial charge in [0.25, 0.3) is 10.1 Å². The third kappa shape index (κ3) is 26.6. The van der Waals surface area contributed by atoms with E-state index in [4.69, 9.17) is 22.2 Å². The molecule has 0 spiro atoms. The van der Waals surface area contributed by atoms with Crippen LogP contribution in [0.15, 0.2) is 121 Å². The predicted molar refractivity (Wildman–Crippen MR) is 309 cm³/mol. The highest BCUT2D eigenvalue weighted by atomic mass is 32.2. The number of benzene rings is 4. The number of hydrogen-bond donors (Lipinski definition) is 5. The molecule has 14 nitrogen and oxygen atoms in total. The van der Waals surface area contributed by atoms with Crippen LogP contribution in [0.5, 0.6) is 0 Å². The average molecular weight is 1050 g/mol. The van der Waals surface area contributed by atoms with Crippen LogP contribution in [0, 0.1) is 18.4 Å². The van der Waals surface area contributed by atoms with Gasteiger partial charge in [0, 0.05) is 82.9 Å². The molecule has 9 rings (SSSR count). The molecule has 5 aliphatic rings. The molecule has 5 fully saturated rings. The molecule has 11 N–H and O–H groups in total. The number of β-amino-alcohol motifs (C(OH)–C–C–N with tert-alkyl or cyclic N) is 1. The molecule has 0 aliphatic carbocycles. The second kappa shape index (κ2) is 34.1. The van der Waals surface area contributed by atoms with Crippen molar-refractivity contribution in [3.8, 4) is 0 Å². The van der Waals surface area contributed by atoms with Gasteiger partial charge < -0.3 is 38.4 Å². The molecule has 73 heavy (non-hydrogen) atoms. The Morgan fingerprint density at radius 3 is 1.33 bits per heavy atom. The number of aliphatic hydroxyl groups is 1. The van der Waals surface area contributed by atoms with Gasteiger partial charge in [-0.3, -0.25) is 23.8 Å². The lowest BCUT2D eigenvalue weighted by molar-refractivity contribution is 0.175. The Balaban J connectivity index is 0.000000455. The number of nitrogens with one attached hydrogen (secondary N) is 1. The van der Waals surface area contributed by atoms with Gasteiger partial charge in [-0.15, -0.1) is 0 Å². The Kier molecular flexibility index (Phi) is 31.4. The van der Waals surface area contributed by atoms with E-state index in [0.717, 1.165) is 104 Å². The summed E-state index contributed by atoms with van der Waals surface area (Å²) < 4.78 is 27.0. The van der Waals surface area contributed by atoms with Crippen molar-refractivity contribution in [2.75, 3.05) is 71.7 Å². The van der Waals surface area contributed by atoms with E-state index in [-0.39, 0.29) is 58.3 Å². The van der Waals surface area contributed by atoms with E-state index in [9.17, 15) is 13.5 Å². The summed E-state index contributed by atoms with van der Waals surface area (Å²) in [5.41, 5.74) is 17.4. The van der Waals surface area contributed by atoms with Gasteiger partial charge in [0.2, 0.25) is 6.04 Å². The lowest BCUT2D eigenvalue weighted by Gasteiger charge is -2.27. The zero-order valence-corrected chi connectivity index (χ0v) is 46.5. The monoisotopic (exact) mass is 1050 g/mol. The van der Waals surface area contributed by atoms with E-state index in [1.165, 1.54) is 41.6 Å². The first-order chi connectivity index (χ1) is 32.9. The van der Waals surface area contributed by atoms with Crippen molar-refractivity contribution in [2.24, 2.45) is 23.3 Å². The molecule has 6 atom stereocenters. The molecule has 4 aromatic carbocycles. The fraction of sp³-hybridized carbons (Fsp3) is 0.561. The minimum absolute atomic E-state index is 0. The number of aliphatic hydroxyl groups excluding tert-OH is 1. The SMILES string of the molecule is C.CC(C)(N)[C@@H]1CCN(Cc2ccccc2)C1.CC(C)(N)[C@@H]1CCNC1.CS(=O)(=O)O[C@H]1CCN(Cc2ccccc2)C1.N.O.O[C@H]1CCN(Cc2ccccc2)C1.P.[C-]#[N+][C@@H]1CCN(Cc2ccccc2)C1. The highest BCUT2D eigenvalue weighted by Gasteiger charge is 2.32. The summed E-state index contributed by atoms with van der Waals surface area (Å²) in [5, 5.41) is 12.6. The van der Waals surface area contributed by atoms with Crippen molar-refractivity contribution < 1.29 is 23.2 Å². The Labute approximate surface area is 445 Å². The number of nitrogens with zero attached hydrogens (tertiary/aromatic N) is 5. The van der Waals surface area contributed by atoms with Crippen molar-refractivity contribution >= 4 is 20.0 Å². The molecular weight excluding hydrogens is 954 g/mol. The van der Waals surface area contributed by atoms with Crippen LogP contribution in [0.25, 0.3) is 4.85 Å². The first-order valence-electron chi connectivity index (χ1n) is 25.2. The number of hydrogen-bond acceptors (Lipinski definition) is 12. The molecule has 0 aromatic heterocycles. The molecule has 0 radical (unpaired) electrons. The average Bonchev–Trinajstić information content (AvgIpc) is 4.19. The Morgan fingerprint density at radius 1 is 0.616 bits per heavy atom. The Bertz CT molecular complexity index is 2180. The minimum atomic E-state index is -3.33. The van der Waals surface area contributed by atoms with E-state index in [1.807, 2.05) is 30.3 Å². The molecule has 16 heteroatoms. The van der Waals surface area contributed by atoms with E-state index >= 15 is 0 Å². The maximum absolute atomic E-state index is 11.0. The summed E-state index contributed by atoms with van der Waals surface area (Å²) in [4.78, 5) is 13.0. The topological polar surface area (TPSA) is 211 Å². The van der Waals surface area contributed by atoms with Gasteiger partial charge in [-0.05, 0) is 107 Å². The predicted octanol–water partition coefficient (Wildman–Crippen LogP) is 7.28. The largest absolute Gasteiger partial charge is 0.412 e. The van der Waals surface area contributed by atoms with E-state index in [1.54, 1.807) is 0 Å². The van der Waals surface area contributed by atoms with Crippen LogP contribution in [0.3, 0.4) is 0 Å². The summed E-state index contributed by atoms with van der Waals surface area (Å²) >= 11 is 0. The van der Waals surface area contributed by atoms with Crippen LogP contribution in [0.4, 0.5) is 0 Å². The molecule has 5 heterocycles. The van der Waals surface area contributed by atoms with Gasteiger partial charge in [-0.2, -0.15) is 18.3 Å². The molecular formula is C57H96N9O5PS. The van der Waals surface area contributed by atoms with Gasteiger partial charge >= 0.3 is 0 Å². The standard InChI is InChI=1S/C14H22N2.C12H14N2.C12H17NO3S.C11H15NO.C7H16N2.CH4.H3N.H2O.H3P/c1-14(2,15)13-8-9-16(11-13)10-12-6-4-3-5-7-12;1-13-12-7-8-14(10-12)9-11-5-3-2-4-6-11;1-17(14,15)16-12-7-8-13(10-12)9-11-5-3-2-4-6-11;13-11-6-7-12(9-11)8-10-4-2-1-3-5-10;1-7(2,8)6-3-4-9-5-6;;;;/h3-7,13H,8-11,15H2,1-2H3;2-6,12H,7-10H2;2-6,12H,7-10H2,1H3;1-5,11,13H,6-9H2;6,9H,3-5,8H2,1-2H3;1H4;1H3;1H2;1H3/t13-;2*12-;11-;6-;;;;/m11001..../s1. The fourth-order valence-corrected chi connectivity index (χ4v) is 10.2. The molecule has 4 aromatic rings. The van der Waals surface area contributed by atoms with E-state index in [2.05, 4.69) is 148 Å². The van der Waals surface area contributed by atoms with Crippen molar-refractivity contribution in [3.63, 3.8) is 0 Å². The Morgan fingerprint density at radius 2 is 1.00 bits per heavy atom. The summed E-state index contributed by atoms with van der Waals surface area (Å²) in [5.74, 6) is 1.31. The molecule has 5 aliphatic heterocycles. The summed E-state index contributed by atoms with van der Waals surface area (Å²) in [6.45, 7) is 29.3. The second-order valence-electron chi connectivity index (χ2n) is 20.9. The number of likely N-dealkylation sites (tertiary alicyclic amines) is 4. The van der Waals surface area contributed by atoms with E-state index in [0.29, 0.717) is 18.4 Å². The van der Waals surface area contributed by atoms with Crippen molar-refractivity contribution in [1.82, 2.24) is 31.1 Å². The fourth-order valence-electron chi connectivity index (χ4n) is 9.52. The zero-order chi connectivity index (χ0) is 49.7. The first kappa shape index (κ1) is 67.3. The second-order valence-corrected chi connectivity index (χ2v) is 22.5. The quantitative estimate of drug-likeness (QED) is 0.0539. The number of nitrogens with two attached hydrogens (primary N) is 2. The maximum Gasteiger partial charge on any atom is 0.264 e. The van der Waals surface area contributed by atoms with Gasteiger partial charge in [-0.1, -0.05) is 129 Å². The summed E-state index contributed by atoms with van der Waals surface area (Å²) in [6, 6.07) is 41.9. The van der Waals surface area contributed by atoms with Crippen molar-refractivity contribution in [3.05, 3.63) is 155 Å². The van der Waals surface area contributed by atoms with Crippen LogP contribution >= 0.6 is 9.90 Å². The van der Waals surface area contributed by atoms with Crippen LogP contribution < -0.4 is 22.9 Å². The van der Waals surface area contributed by atoms with Crippen LogP contribution in [0.1, 0.15) is 89.5 Å². The highest BCUT2D eigenvalue weighted by Crippen LogP contribution is 2.26. The summed E-state index contributed by atoms with van der Waals surface area (Å²) in [6.07, 6.45) is 6.02. The molecule has 5 saturated heterocycles. The first-order valence-corrected chi connectivity index (χ1v) is 27.0. The molecule has 0 bridgehead atoms. The number of rotatable bonds is 12. The third-order valence-electron chi connectivity index (χ3n) is 13.7. The van der Waals surface area contributed by atoms with Crippen LogP contribution in [0.2, 0.25) is 0 Å². The molecule has 1 unspecified atom stereocenters. The van der Waals surface area contributed by atoms with Gasteiger partial charge in [0.15, 0.2) is 0 Å². The normalized spacial score (nSPS) is 22.0. The molecule has 0 saturated carbocycles. The van der Waals surface area contributed by atoms with Gasteiger partial charge in [0.1, 0.15) is 0 Å². The van der Waals surface area contributed by atoms with Crippen LogP contribution in [-0.4, -0.2) is 140 Å². The Hall–Kier alpha value is -3.69. The van der Waals surface area contributed by atoms with Gasteiger partial charge in [0.05, 0.1) is 25.0 Å². The maximum atomic E-state index is 11.0. The lowest BCUT2D eigenvalue weighted by Crippen LogP contribution is -2.42.